The van der Waals surface area contributed by atoms with E-state index in [0.717, 1.165) is 24.4 Å². The van der Waals surface area contributed by atoms with Gasteiger partial charge in [-0.3, -0.25) is 4.79 Å². The van der Waals surface area contributed by atoms with Crippen LogP contribution in [0.15, 0.2) is 24.3 Å². The molecule has 0 aliphatic carbocycles. The summed E-state index contributed by atoms with van der Waals surface area (Å²) in [6, 6.07) is 7.80. The molecule has 1 aromatic rings. The van der Waals surface area contributed by atoms with Crippen molar-refractivity contribution in [2.75, 3.05) is 20.2 Å². The van der Waals surface area contributed by atoms with Crippen LogP contribution in [0, 0.1) is 11.8 Å². The molecular weight excluding hydrogens is 240 g/mol. The van der Waals surface area contributed by atoms with Gasteiger partial charge in [-0.2, -0.15) is 0 Å². The van der Waals surface area contributed by atoms with Gasteiger partial charge in [0.15, 0.2) is 0 Å². The van der Waals surface area contributed by atoms with Crippen LogP contribution in [0.1, 0.15) is 25.5 Å². The van der Waals surface area contributed by atoms with Gasteiger partial charge in [0, 0.05) is 5.92 Å². The Bertz CT molecular complexity index is 444. The molecule has 19 heavy (non-hydrogen) atoms. The second-order valence-electron chi connectivity index (χ2n) is 5.21. The van der Waals surface area contributed by atoms with Crippen molar-refractivity contribution in [3.05, 3.63) is 29.8 Å². The van der Waals surface area contributed by atoms with Crippen molar-refractivity contribution in [2.45, 2.75) is 19.9 Å². The fourth-order valence-corrected chi connectivity index (χ4v) is 2.22. The Morgan fingerprint density at radius 2 is 2.16 bits per heavy atom. The number of hydrogen-bond donors (Lipinski definition) is 2. The molecule has 1 aromatic carbocycles. The molecular formula is C15H22N2O2. The number of ether oxygens (including phenoxy) is 1. The molecule has 0 radical (unpaired) electrons. The number of hydrogen-bond acceptors (Lipinski definition) is 3. The lowest BCUT2D eigenvalue weighted by molar-refractivity contribution is -0.127. The molecule has 1 aliphatic heterocycles. The van der Waals surface area contributed by atoms with Crippen molar-refractivity contribution in [2.24, 2.45) is 11.8 Å². The lowest BCUT2D eigenvalue weighted by Gasteiger charge is -2.32. The molecule has 4 nitrogen and oxygen atoms in total. The van der Waals surface area contributed by atoms with Crippen molar-refractivity contribution >= 4 is 5.91 Å². The molecule has 0 spiro atoms. The van der Waals surface area contributed by atoms with E-state index in [4.69, 9.17) is 4.74 Å². The molecule has 0 aromatic heterocycles. The van der Waals surface area contributed by atoms with Gasteiger partial charge in [0.1, 0.15) is 5.75 Å². The maximum Gasteiger partial charge on any atom is 0.223 e. The summed E-state index contributed by atoms with van der Waals surface area (Å²) >= 11 is 0. The molecule has 2 rings (SSSR count). The predicted molar refractivity (Wildman–Crippen MR) is 75.1 cm³/mol. The third kappa shape index (κ3) is 3.26. The van der Waals surface area contributed by atoms with E-state index in [1.54, 1.807) is 7.11 Å². The highest BCUT2D eigenvalue weighted by Crippen LogP contribution is 2.21. The molecule has 1 amide bonds. The number of carbonyl (C=O) groups excluding carboxylic acids is 1. The lowest BCUT2D eigenvalue weighted by Crippen LogP contribution is -2.49. The van der Waals surface area contributed by atoms with Gasteiger partial charge in [-0.1, -0.05) is 19.1 Å². The summed E-state index contributed by atoms with van der Waals surface area (Å²) in [5, 5.41) is 6.27. The maximum atomic E-state index is 12.1. The zero-order chi connectivity index (χ0) is 13.8. The first kappa shape index (κ1) is 13.9. The summed E-state index contributed by atoms with van der Waals surface area (Å²) in [4.78, 5) is 12.1. The number of benzene rings is 1. The minimum Gasteiger partial charge on any atom is -0.497 e. The average Bonchev–Trinajstić information content (AvgIpc) is 2.36. The van der Waals surface area contributed by atoms with Gasteiger partial charge in [-0.05, 0) is 43.6 Å². The minimum atomic E-state index is -0.00177. The third-order valence-corrected chi connectivity index (χ3v) is 3.89. The first-order chi connectivity index (χ1) is 9.11. The van der Waals surface area contributed by atoms with Crippen LogP contribution in [0.25, 0.3) is 0 Å². The third-order valence-electron chi connectivity index (χ3n) is 3.89. The summed E-state index contributed by atoms with van der Waals surface area (Å²) in [7, 11) is 1.65. The van der Waals surface area contributed by atoms with Crippen LogP contribution in [-0.2, 0) is 4.79 Å². The molecule has 1 aliphatic rings. The van der Waals surface area contributed by atoms with E-state index in [9.17, 15) is 4.79 Å². The zero-order valence-electron chi connectivity index (χ0n) is 11.8. The Kier molecular flexibility index (Phi) is 4.43. The van der Waals surface area contributed by atoms with Gasteiger partial charge < -0.3 is 15.4 Å². The van der Waals surface area contributed by atoms with Crippen molar-refractivity contribution in [1.82, 2.24) is 10.6 Å². The van der Waals surface area contributed by atoms with Crippen molar-refractivity contribution < 1.29 is 9.53 Å². The smallest absolute Gasteiger partial charge is 0.223 e. The largest absolute Gasteiger partial charge is 0.497 e. The Labute approximate surface area is 114 Å². The van der Waals surface area contributed by atoms with Gasteiger partial charge in [-0.25, -0.2) is 0 Å². The van der Waals surface area contributed by atoms with Gasteiger partial charge in [0.25, 0.3) is 0 Å². The van der Waals surface area contributed by atoms with Crippen LogP contribution in [0.2, 0.25) is 0 Å². The normalized spacial score (nSPS) is 18.3. The second kappa shape index (κ2) is 6.06. The summed E-state index contributed by atoms with van der Waals surface area (Å²) in [6.45, 7) is 5.89. The highest BCUT2D eigenvalue weighted by molar-refractivity contribution is 5.79. The molecule has 2 atom stereocenters. The van der Waals surface area contributed by atoms with E-state index < -0.39 is 0 Å². The number of methoxy groups -OCH3 is 1. The Morgan fingerprint density at radius 3 is 2.74 bits per heavy atom. The second-order valence-corrected chi connectivity index (χ2v) is 5.21. The Morgan fingerprint density at radius 1 is 1.42 bits per heavy atom. The van der Waals surface area contributed by atoms with Crippen LogP contribution < -0.4 is 15.4 Å². The molecule has 0 bridgehead atoms. The van der Waals surface area contributed by atoms with Gasteiger partial charge in [-0.15, -0.1) is 0 Å². The zero-order valence-corrected chi connectivity index (χ0v) is 11.8. The van der Waals surface area contributed by atoms with E-state index in [2.05, 4.69) is 10.6 Å². The Balaban J connectivity index is 1.95. The molecule has 2 N–H and O–H groups in total. The highest BCUT2D eigenvalue weighted by atomic mass is 16.5. The van der Waals surface area contributed by atoms with Crippen molar-refractivity contribution in [3.8, 4) is 5.75 Å². The number of rotatable bonds is 5. The molecule has 4 heteroatoms. The quantitative estimate of drug-likeness (QED) is 0.849. The first-order valence-corrected chi connectivity index (χ1v) is 6.77. The van der Waals surface area contributed by atoms with Crippen molar-refractivity contribution in [3.63, 3.8) is 0 Å². The average molecular weight is 262 g/mol. The summed E-state index contributed by atoms with van der Waals surface area (Å²) in [6.07, 6.45) is 0. The first-order valence-electron chi connectivity index (χ1n) is 6.77. The summed E-state index contributed by atoms with van der Waals surface area (Å²) in [5.41, 5.74) is 1.06. The fourth-order valence-electron chi connectivity index (χ4n) is 2.22. The van der Waals surface area contributed by atoms with E-state index >= 15 is 0 Å². The molecule has 1 unspecified atom stereocenters. The predicted octanol–water partition coefficient (Wildman–Crippen LogP) is 1.73. The summed E-state index contributed by atoms with van der Waals surface area (Å²) in [5.74, 6) is 1.48. The Hall–Kier alpha value is -1.55. The number of carbonyl (C=O) groups is 1. The van der Waals surface area contributed by atoms with Crippen LogP contribution in [-0.4, -0.2) is 26.1 Å². The lowest BCUT2D eigenvalue weighted by atomic mass is 9.88. The summed E-state index contributed by atoms with van der Waals surface area (Å²) < 4.78 is 5.20. The van der Waals surface area contributed by atoms with Gasteiger partial charge in [0.05, 0.1) is 13.2 Å². The van der Waals surface area contributed by atoms with Crippen LogP contribution in [0.4, 0.5) is 0 Å². The molecule has 1 fully saturated rings. The SMILES string of the molecule is COc1cccc([C@@H](C)NC(=O)C(C)C2CNC2)c1. The van der Waals surface area contributed by atoms with E-state index in [1.807, 2.05) is 38.1 Å². The van der Waals surface area contributed by atoms with E-state index in [-0.39, 0.29) is 17.9 Å². The monoisotopic (exact) mass is 262 g/mol. The van der Waals surface area contributed by atoms with Crippen LogP contribution in [0.5, 0.6) is 5.75 Å². The molecule has 104 valence electrons. The van der Waals surface area contributed by atoms with E-state index in [0.29, 0.717) is 5.92 Å². The molecule has 1 saturated heterocycles. The maximum absolute atomic E-state index is 12.1. The topological polar surface area (TPSA) is 50.4 Å². The van der Waals surface area contributed by atoms with Crippen molar-refractivity contribution in [1.29, 1.82) is 0 Å². The number of amides is 1. The highest BCUT2D eigenvalue weighted by Gasteiger charge is 2.29. The van der Waals surface area contributed by atoms with Gasteiger partial charge >= 0.3 is 0 Å². The van der Waals surface area contributed by atoms with Gasteiger partial charge in [0.2, 0.25) is 5.91 Å². The fraction of sp³-hybridized carbons (Fsp3) is 0.533. The number of nitrogens with one attached hydrogen (secondary N) is 2. The molecule has 0 saturated carbocycles. The van der Waals surface area contributed by atoms with E-state index in [1.165, 1.54) is 0 Å². The standard InChI is InChI=1S/C15H22N2O2/c1-10(13-8-16-9-13)15(18)17-11(2)12-5-4-6-14(7-12)19-3/h4-7,10-11,13,16H,8-9H2,1-3H3,(H,17,18)/t10?,11-/m1/s1. The molecule has 1 heterocycles. The van der Waals surface area contributed by atoms with Crippen LogP contribution >= 0.6 is 0 Å². The minimum absolute atomic E-state index is 0.00177. The van der Waals surface area contributed by atoms with Crippen LogP contribution in [0.3, 0.4) is 0 Å².